The van der Waals surface area contributed by atoms with Gasteiger partial charge in [0.2, 0.25) is 5.91 Å². The van der Waals surface area contributed by atoms with Gasteiger partial charge in [0.1, 0.15) is 11.6 Å². The van der Waals surface area contributed by atoms with E-state index in [1.165, 1.54) is 29.2 Å². The molecule has 1 aliphatic carbocycles. The van der Waals surface area contributed by atoms with Crippen molar-refractivity contribution < 1.29 is 32.3 Å². The molecule has 0 spiro atoms. The molecule has 212 valence electrons. The molecule has 0 bridgehead atoms. The van der Waals surface area contributed by atoms with Crippen molar-refractivity contribution in [3.63, 3.8) is 0 Å². The van der Waals surface area contributed by atoms with Crippen molar-refractivity contribution in [1.29, 1.82) is 0 Å². The predicted molar refractivity (Wildman–Crippen MR) is 143 cm³/mol. The highest BCUT2D eigenvalue weighted by Gasteiger charge is 2.61. The lowest BCUT2D eigenvalue weighted by molar-refractivity contribution is -0.146. The number of carbonyl (C=O) groups excluding carboxylic acids is 4. The molecule has 5 N–H and O–H groups in total. The van der Waals surface area contributed by atoms with E-state index < -0.39 is 57.6 Å². The van der Waals surface area contributed by atoms with Crippen LogP contribution in [-0.4, -0.2) is 61.4 Å². The van der Waals surface area contributed by atoms with Crippen LogP contribution in [0.3, 0.4) is 0 Å². The van der Waals surface area contributed by atoms with E-state index in [-0.39, 0.29) is 25.1 Å². The zero-order valence-corrected chi connectivity index (χ0v) is 22.8. The summed E-state index contributed by atoms with van der Waals surface area (Å²) in [6.07, 6.45) is 5.76. The molecule has 1 aromatic rings. The van der Waals surface area contributed by atoms with Crippen molar-refractivity contribution in [3.8, 4) is 0 Å². The number of fused-ring (bicyclic) bond motifs is 2. The van der Waals surface area contributed by atoms with Gasteiger partial charge in [-0.3, -0.25) is 19.1 Å². The number of primary amides is 1. The standard InChI is InChI=1S/C25H32ClN5O7S/c26-17-10-12-18(13-11-17)29-39(36,37)30-23(34)25-15-16(25)7-4-2-1-3-5-9-20(38-24(27)35)22(33)31-14-6-8-19(31)21(32)28-25/h4,7,10-13,16,19-20,29H,1-3,5-6,8-9,14-15H2,(H2,27,35)(H,28,32)(H,30,34)/b7-4-. The lowest BCUT2D eigenvalue weighted by atomic mass is 10.1. The first-order valence-electron chi connectivity index (χ1n) is 12.9. The van der Waals surface area contributed by atoms with Gasteiger partial charge in [0, 0.05) is 17.5 Å². The topological polar surface area (TPSA) is 177 Å². The number of ether oxygens (including phenoxy) is 1. The van der Waals surface area contributed by atoms with Gasteiger partial charge in [-0.15, -0.1) is 0 Å². The first-order valence-corrected chi connectivity index (χ1v) is 14.7. The number of benzene rings is 1. The Balaban J connectivity index is 1.54. The second kappa shape index (κ2) is 11.8. The molecule has 14 heteroatoms. The highest BCUT2D eigenvalue weighted by atomic mass is 35.5. The van der Waals surface area contributed by atoms with Crippen LogP contribution >= 0.6 is 11.6 Å². The Bertz CT molecular complexity index is 1260. The van der Waals surface area contributed by atoms with E-state index in [0.717, 1.165) is 12.8 Å². The van der Waals surface area contributed by atoms with Crippen LogP contribution in [0.1, 0.15) is 51.4 Å². The van der Waals surface area contributed by atoms with Gasteiger partial charge in [-0.1, -0.05) is 30.2 Å². The maximum absolute atomic E-state index is 13.4. The molecule has 4 atom stereocenters. The summed E-state index contributed by atoms with van der Waals surface area (Å²) < 4.78 is 34.8. The van der Waals surface area contributed by atoms with Gasteiger partial charge in [0.25, 0.3) is 11.8 Å². The van der Waals surface area contributed by atoms with E-state index in [9.17, 15) is 27.6 Å². The van der Waals surface area contributed by atoms with Crippen LogP contribution in [0.15, 0.2) is 36.4 Å². The number of rotatable bonds is 5. The van der Waals surface area contributed by atoms with Gasteiger partial charge in [-0.2, -0.15) is 8.42 Å². The minimum absolute atomic E-state index is 0.198. The third kappa shape index (κ3) is 7.01. The summed E-state index contributed by atoms with van der Waals surface area (Å²) in [7, 11) is -4.33. The van der Waals surface area contributed by atoms with E-state index in [0.29, 0.717) is 30.7 Å². The zero-order valence-electron chi connectivity index (χ0n) is 21.2. The molecule has 12 nitrogen and oxygen atoms in total. The zero-order chi connectivity index (χ0) is 28.2. The van der Waals surface area contributed by atoms with E-state index in [1.54, 1.807) is 0 Å². The number of amides is 4. The summed E-state index contributed by atoms with van der Waals surface area (Å²) in [6, 6.07) is 4.98. The molecule has 4 amide bonds. The van der Waals surface area contributed by atoms with Crippen LogP contribution in [0.4, 0.5) is 10.5 Å². The normalized spacial score (nSPS) is 28.5. The summed E-state index contributed by atoms with van der Waals surface area (Å²) in [5.41, 5.74) is 3.89. The Kier molecular flexibility index (Phi) is 8.70. The van der Waals surface area contributed by atoms with Crippen molar-refractivity contribution in [3.05, 3.63) is 41.4 Å². The quantitative estimate of drug-likeness (QED) is 0.384. The van der Waals surface area contributed by atoms with Crippen LogP contribution in [0.2, 0.25) is 5.02 Å². The third-order valence-electron chi connectivity index (χ3n) is 7.17. The fraction of sp³-hybridized carbons (Fsp3) is 0.520. The number of carbonyl (C=O) groups is 4. The number of hydrogen-bond donors (Lipinski definition) is 4. The lowest BCUT2D eigenvalue weighted by Crippen LogP contribution is -2.57. The van der Waals surface area contributed by atoms with Gasteiger partial charge in [-0.25, -0.2) is 9.52 Å². The Morgan fingerprint density at radius 2 is 1.85 bits per heavy atom. The molecule has 4 rings (SSSR count). The predicted octanol–water partition coefficient (Wildman–Crippen LogP) is 1.96. The number of anilines is 1. The van der Waals surface area contributed by atoms with Gasteiger partial charge in [0.15, 0.2) is 6.10 Å². The fourth-order valence-corrected chi connectivity index (χ4v) is 6.14. The van der Waals surface area contributed by atoms with Crippen molar-refractivity contribution >= 4 is 51.3 Å². The summed E-state index contributed by atoms with van der Waals surface area (Å²) in [6.45, 7) is 0.275. The lowest BCUT2D eigenvalue weighted by Gasteiger charge is -2.29. The van der Waals surface area contributed by atoms with E-state index in [2.05, 4.69) is 10.0 Å². The Morgan fingerprint density at radius 1 is 1.10 bits per heavy atom. The van der Waals surface area contributed by atoms with Gasteiger partial charge in [0.05, 0.1) is 5.69 Å². The highest BCUT2D eigenvalue weighted by molar-refractivity contribution is 7.91. The second-order valence-electron chi connectivity index (χ2n) is 10.00. The fourth-order valence-electron chi connectivity index (χ4n) is 5.09. The van der Waals surface area contributed by atoms with Crippen molar-refractivity contribution in [1.82, 2.24) is 14.9 Å². The van der Waals surface area contributed by atoms with Crippen molar-refractivity contribution in [2.24, 2.45) is 11.7 Å². The molecule has 3 aliphatic rings. The number of nitrogens with one attached hydrogen (secondary N) is 3. The minimum atomic E-state index is -4.33. The van der Waals surface area contributed by atoms with Crippen LogP contribution in [-0.2, 0) is 29.3 Å². The molecule has 2 fully saturated rings. The monoisotopic (exact) mass is 581 g/mol. The van der Waals surface area contributed by atoms with Gasteiger partial charge < -0.3 is 20.7 Å². The van der Waals surface area contributed by atoms with E-state index in [1.807, 2.05) is 16.9 Å². The molecule has 0 aromatic heterocycles. The Morgan fingerprint density at radius 3 is 2.56 bits per heavy atom. The van der Waals surface area contributed by atoms with Crippen LogP contribution in [0, 0.1) is 5.92 Å². The molecule has 1 aromatic carbocycles. The van der Waals surface area contributed by atoms with E-state index >= 15 is 0 Å². The molecule has 4 unspecified atom stereocenters. The maximum atomic E-state index is 13.4. The molecule has 39 heavy (non-hydrogen) atoms. The van der Waals surface area contributed by atoms with Crippen molar-refractivity contribution in [2.45, 2.75) is 69.1 Å². The van der Waals surface area contributed by atoms with Crippen molar-refractivity contribution in [2.75, 3.05) is 11.3 Å². The number of hydrogen-bond acceptors (Lipinski definition) is 7. The second-order valence-corrected chi connectivity index (χ2v) is 11.8. The largest absolute Gasteiger partial charge is 0.436 e. The average molecular weight is 582 g/mol. The first-order chi connectivity index (χ1) is 18.5. The SMILES string of the molecule is NC(=O)OC1CCCCC/C=C\C2CC2(C(=O)NS(=O)(=O)Nc2ccc(Cl)cc2)NC(=O)C2CCCN2C1=O. The van der Waals surface area contributed by atoms with E-state index in [4.69, 9.17) is 22.1 Å². The number of allylic oxidation sites excluding steroid dienone is 1. The summed E-state index contributed by atoms with van der Waals surface area (Å²) in [5.74, 6) is -2.40. The molecule has 2 aliphatic heterocycles. The molecule has 2 heterocycles. The number of halogens is 1. The van der Waals surface area contributed by atoms with Gasteiger partial charge in [-0.05, 0) is 69.2 Å². The Hall–Kier alpha value is -3.32. The summed E-state index contributed by atoms with van der Waals surface area (Å²) in [5, 5.41) is 3.16. The molecular weight excluding hydrogens is 550 g/mol. The highest BCUT2D eigenvalue weighted by Crippen LogP contribution is 2.45. The molecule has 1 saturated carbocycles. The molecule has 0 radical (unpaired) electrons. The number of nitrogens with zero attached hydrogens (tertiary/aromatic N) is 1. The maximum Gasteiger partial charge on any atom is 0.405 e. The average Bonchev–Trinajstić information content (AvgIpc) is 3.33. The summed E-state index contributed by atoms with van der Waals surface area (Å²) in [4.78, 5) is 52.8. The Labute approximate surface area is 231 Å². The smallest absolute Gasteiger partial charge is 0.405 e. The minimum Gasteiger partial charge on any atom is -0.436 e. The van der Waals surface area contributed by atoms with Crippen LogP contribution < -0.4 is 20.5 Å². The first kappa shape index (κ1) is 28.7. The van der Waals surface area contributed by atoms with Crippen LogP contribution in [0.5, 0.6) is 0 Å². The van der Waals surface area contributed by atoms with Gasteiger partial charge >= 0.3 is 16.3 Å². The van der Waals surface area contributed by atoms with Crippen LogP contribution in [0.25, 0.3) is 0 Å². The molecule has 1 saturated heterocycles. The molecular formula is C25H32ClN5O7S. The number of nitrogens with two attached hydrogens (primary N) is 1. The summed E-state index contributed by atoms with van der Waals surface area (Å²) >= 11 is 5.84. The third-order valence-corrected chi connectivity index (χ3v) is 8.38.